The van der Waals surface area contributed by atoms with Crippen LogP contribution in [0.5, 0.6) is 0 Å². The van der Waals surface area contributed by atoms with Crippen LogP contribution in [0.15, 0.2) is 0 Å². The standard InChI is InChI=1S/C3H6INO3/c1-2(3(5)6)4(7)8/h2H,1H3,(H2,5,6). The van der Waals surface area contributed by atoms with Crippen LogP contribution in [0.4, 0.5) is 0 Å². The van der Waals surface area contributed by atoms with Gasteiger partial charge < -0.3 is 5.73 Å². The number of primary amides is 1. The molecular formula is C3H6INO3. The van der Waals surface area contributed by atoms with Crippen LogP contribution in [0.2, 0.25) is 0 Å². The number of hydrogen-bond acceptors (Lipinski definition) is 3. The maximum atomic E-state index is 10.0. The summed E-state index contributed by atoms with van der Waals surface area (Å²) in [5.41, 5.74) is 4.64. The van der Waals surface area contributed by atoms with Gasteiger partial charge in [-0.15, -0.1) is 0 Å². The number of alkyl halides is 1. The fraction of sp³-hybridized carbons (Fsp3) is 0.667. The van der Waals surface area contributed by atoms with Crippen LogP contribution < -0.4 is 5.73 Å². The number of nitrogens with two attached hydrogens (primary N) is 1. The molecule has 1 amide bonds. The first kappa shape index (κ1) is 7.80. The molecule has 0 spiro atoms. The van der Waals surface area contributed by atoms with E-state index < -0.39 is 29.6 Å². The van der Waals surface area contributed by atoms with Gasteiger partial charge in [-0.05, 0) is 6.92 Å². The van der Waals surface area contributed by atoms with E-state index in [1.54, 1.807) is 0 Å². The molecule has 0 aromatic carbocycles. The Morgan fingerprint density at radius 3 is 2.00 bits per heavy atom. The van der Waals surface area contributed by atoms with Crippen LogP contribution in [0.25, 0.3) is 0 Å². The van der Waals surface area contributed by atoms with Gasteiger partial charge in [0, 0.05) is 0 Å². The molecule has 0 aliphatic carbocycles. The predicted octanol–water partition coefficient (Wildman–Crippen LogP) is 0.0576. The van der Waals surface area contributed by atoms with Gasteiger partial charge in [-0.2, -0.15) is 0 Å². The number of amides is 1. The molecule has 0 saturated carbocycles. The van der Waals surface area contributed by atoms with Crippen LogP contribution in [0, 0.1) is 0 Å². The zero-order chi connectivity index (χ0) is 6.73. The van der Waals surface area contributed by atoms with Crippen LogP contribution >= 0.6 is 19.8 Å². The second-order valence-electron chi connectivity index (χ2n) is 1.26. The Balaban J connectivity index is 4.04. The minimum absolute atomic E-state index is 0.764. The normalized spacial score (nSPS) is 13.8. The first-order chi connectivity index (χ1) is 3.55. The van der Waals surface area contributed by atoms with Gasteiger partial charge >= 0.3 is 19.8 Å². The van der Waals surface area contributed by atoms with Crippen molar-refractivity contribution in [2.45, 2.75) is 10.8 Å². The molecule has 5 heteroatoms. The molecule has 4 nitrogen and oxygen atoms in total. The Labute approximate surface area is 53.6 Å². The third-order valence-electron chi connectivity index (χ3n) is 0.659. The first-order valence-electron chi connectivity index (χ1n) is 1.89. The monoisotopic (exact) mass is 231 g/mol. The molecule has 2 N–H and O–H groups in total. The van der Waals surface area contributed by atoms with Crippen molar-refractivity contribution in [3.63, 3.8) is 0 Å². The molecular weight excluding hydrogens is 225 g/mol. The molecule has 0 rings (SSSR count). The van der Waals surface area contributed by atoms with Crippen molar-refractivity contribution in [3.05, 3.63) is 0 Å². The molecule has 0 heterocycles. The van der Waals surface area contributed by atoms with E-state index in [1.165, 1.54) is 6.92 Å². The first-order valence-corrected chi connectivity index (χ1v) is 4.89. The molecule has 0 aromatic heterocycles. The molecule has 0 bridgehead atoms. The summed E-state index contributed by atoms with van der Waals surface area (Å²) in [5.74, 6) is -0.764. The predicted molar refractivity (Wildman–Crippen MR) is 34.0 cm³/mol. The molecule has 0 aliphatic heterocycles. The highest BCUT2D eigenvalue weighted by molar-refractivity contribution is 14.2. The lowest BCUT2D eigenvalue weighted by Gasteiger charge is -1.89. The largest absolute Gasteiger partial charge is 0.369 e. The van der Waals surface area contributed by atoms with E-state index in [9.17, 15) is 10.9 Å². The summed E-state index contributed by atoms with van der Waals surface area (Å²) in [6.07, 6.45) is 0. The van der Waals surface area contributed by atoms with Crippen LogP contribution in [-0.4, -0.2) is 9.83 Å². The van der Waals surface area contributed by atoms with Gasteiger partial charge in [0.25, 0.3) is 0 Å². The number of halogens is 1. The topological polar surface area (TPSA) is 77.2 Å². The van der Waals surface area contributed by atoms with Gasteiger partial charge in [0.05, 0.1) is 0 Å². The van der Waals surface area contributed by atoms with Crippen molar-refractivity contribution in [1.82, 2.24) is 0 Å². The maximum Gasteiger partial charge on any atom is 0.319 e. The summed E-state index contributed by atoms with van der Waals surface area (Å²) < 4.78 is 19.0. The van der Waals surface area contributed by atoms with Crippen molar-refractivity contribution in [1.29, 1.82) is 0 Å². The molecule has 0 aliphatic rings. The van der Waals surface area contributed by atoms with Gasteiger partial charge in [-0.1, -0.05) is 0 Å². The van der Waals surface area contributed by atoms with Gasteiger partial charge in [0.2, 0.25) is 5.91 Å². The Morgan fingerprint density at radius 2 is 2.00 bits per heavy atom. The van der Waals surface area contributed by atoms with Crippen LogP contribution in [0.3, 0.4) is 0 Å². The number of carbonyl (C=O) groups excluding carboxylic acids is 1. The van der Waals surface area contributed by atoms with Gasteiger partial charge in [0.1, 0.15) is 3.92 Å². The second kappa shape index (κ2) is 2.95. The van der Waals surface area contributed by atoms with Crippen LogP contribution in [0.1, 0.15) is 6.92 Å². The fourth-order valence-electron chi connectivity index (χ4n) is 0.0878. The third kappa shape index (κ3) is 2.20. The maximum absolute atomic E-state index is 10.0. The molecule has 1 unspecified atom stereocenters. The van der Waals surface area contributed by atoms with E-state index in [1.807, 2.05) is 0 Å². The Hall–Kier alpha value is -0.200. The van der Waals surface area contributed by atoms with E-state index >= 15 is 0 Å². The Morgan fingerprint density at radius 1 is 1.62 bits per heavy atom. The van der Waals surface area contributed by atoms with E-state index in [0.717, 1.165) is 0 Å². The molecule has 48 valence electrons. The highest BCUT2D eigenvalue weighted by atomic mass is 127. The summed E-state index contributed by atoms with van der Waals surface area (Å²) in [6.45, 7) is 1.28. The summed E-state index contributed by atoms with van der Waals surface area (Å²) in [7, 11) is 0. The van der Waals surface area contributed by atoms with Gasteiger partial charge in [-0.3, -0.25) is 4.79 Å². The van der Waals surface area contributed by atoms with Gasteiger partial charge in [0.15, 0.2) is 0 Å². The summed E-state index contributed by atoms with van der Waals surface area (Å²) in [4.78, 5) is 10.0. The molecule has 0 saturated heterocycles. The van der Waals surface area contributed by atoms with E-state index in [4.69, 9.17) is 0 Å². The second-order valence-corrected chi connectivity index (χ2v) is 4.50. The lowest BCUT2D eigenvalue weighted by atomic mass is 10.5. The number of carbonyl (C=O) groups is 1. The average Bonchev–Trinajstić information content (AvgIpc) is 1.64. The van der Waals surface area contributed by atoms with Crippen molar-refractivity contribution in [2.75, 3.05) is 0 Å². The fourth-order valence-corrected chi connectivity index (χ4v) is 0.589. The van der Waals surface area contributed by atoms with Crippen molar-refractivity contribution >= 4 is 25.7 Å². The van der Waals surface area contributed by atoms with Crippen molar-refractivity contribution in [3.8, 4) is 0 Å². The molecule has 8 heavy (non-hydrogen) atoms. The molecule has 0 radical (unpaired) electrons. The van der Waals surface area contributed by atoms with Crippen molar-refractivity contribution in [2.24, 2.45) is 5.73 Å². The molecule has 0 aromatic rings. The number of rotatable bonds is 2. The third-order valence-corrected chi connectivity index (χ3v) is 2.80. The number of hydrogen-bond donors (Lipinski definition) is 1. The lowest BCUT2D eigenvalue weighted by molar-refractivity contribution is -0.116. The Bertz CT molecular complexity index is 154. The molecule has 1 atom stereocenters. The van der Waals surface area contributed by atoms with Gasteiger partial charge in [-0.25, -0.2) is 6.14 Å². The minimum atomic E-state index is -3.45. The smallest absolute Gasteiger partial charge is 0.319 e. The van der Waals surface area contributed by atoms with Crippen molar-refractivity contribution < 1.29 is 10.9 Å². The SMILES string of the molecule is CC(C(N)=O)I(=O)=O. The lowest BCUT2D eigenvalue weighted by Crippen LogP contribution is -2.20. The highest BCUT2D eigenvalue weighted by Gasteiger charge is 2.12. The summed E-state index contributed by atoms with van der Waals surface area (Å²) >= 11 is -3.45. The minimum Gasteiger partial charge on any atom is -0.369 e. The molecule has 0 fully saturated rings. The zero-order valence-electron chi connectivity index (χ0n) is 4.26. The highest BCUT2D eigenvalue weighted by Crippen LogP contribution is 2.12. The quantitative estimate of drug-likeness (QED) is 0.539. The van der Waals surface area contributed by atoms with E-state index in [2.05, 4.69) is 5.73 Å². The zero-order valence-corrected chi connectivity index (χ0v) is 6.41. The summed E-state index contributed by atoms with van der Waals surface area (Å²) in [5, 5.41) is 0. The van der Waals surface area contributed by atoms with E-state index in [0.29, 0.717) is 0 Å². The summed E-state index contributed by atoms with van der Waals surface area (Å²) in [6, 6.07) is 0. The Kier molecular flexibility index (Phi) is 2.88. The van der Waals surface area contributed by atoms with E-state index in [-0.39, 0.29) is 0 Å². The average molecular weight is 231 g/mol. The van der Waals surface area contributed by atoms with Crippen LogP contribution in [-0.2, 0) is 10.9 Å².